The molecule has 1 N–H and O–H groups in total. The smallest absolute Gasteiger partial charge is 0.308 e. The Morgan fingerprint density at radius 1 is 1.13 bits per heavy atom. The monoisotopic (exact) mass is 403 g/mol. The van der Waals surface area contributed by atoms with E-state index in [4.69, 9.17) is 10.00 Å². The van der Waals surface area contributed by atoms with Gasteiger partial charge in [-0.2, -0.15) is 5.26 Å². The maximum Gasteiger partial charge on any atom is 0.308 e. The normalized spacial score (nSPS) is 14.4. The first-order chi connectivity index (χ1) is 14.5. The number of esters is 1. The zero-order valence-electron chi connectivity index (χ0n) is 16.5. The van der Waals surface area contributed by atoms with Gasteiger partial charge in [-0.15, -0.1) is 0 Å². The van der Waals surface area contributed by atoms with Gasteiger partial charge in [-0.3, -0.25) is 14.4 Å². The van der Waals surface area contributed by atoms with Gasteiger partial charge in [0.05, 0.1) is 25.0 Å². The molecule has 2 amide bonds. The number of ether oxygens (including phenoxy) is 1. The molecule has 1 aliphatic rings. The maximum atomic E-state index is 12.4. The lowest BCUT2D eigenvalue weighted by Gasteiger charge is -2.32. The molecule has 1 aliphatic heterocycles. The Hall–Kier alpha value is -3.92. The number of amides is 2. The molecule has 0 saturated carbocycles. The van der Waals surface area contributed by atoms with Gasteiger partial charge in [-0.1, -0.05) is 36.4 Å². The van der Waals surface area contributed by atoms with Crippen molar-refractivity contribution in [3.05, 3.63) is 71.4 Å². The average Bonchev–Trinajstić information content (AvgIpc) is 2.74. The van der Waals surface area contributed by atoms with Crippen LogP contribution in [-0.2, 0) is 25.5 Å². The van der Waals surface area contributed by atoms with Gasteiger partial charge in [0, 0.05) is 18.8 Å². The lowest BCUT2D eigenvalue weighted by molar-refractivity contribution is -0.149. The fourth-order valence-electron chi connectivity index (χ4n) is 3.27. The lowest BCUT2D eigenvalue weighted by Crippen LogP contribution is -2.33. The Morgan fingerprint density at radius 2 is 1.87 bits per heavy atom. The maximum absolute atomic E-state index is 12.4. The molecule has 1 atom stereocenters. The van der Waals surface area contributed by atoms with Gasteiger partial charge in [0.1, 0.15) is 0 Å². The summed E-state index contributed by atoms with van der Waals surface area (Å²) in [6, 6.07) is 16.0. The number of nitriles is 1. The van der Waals surface area contributed by atoms with E-state index in [-0.39, 0.29) is 12.3 Å². The summed E-state index contributed by atoms with van der Waals surface area (Å²) in [4.78, 5) is 37.9. The van der Waals surface area contributed by atoms with E-state index in [2.05, 4.69) is 11.4 Å². The molecule has 0 aromatic heterocycles. The Morgan fingerprint density at radius 3 is 2.57 bits per heavy atom. The predicted molar refractivity (Wildman–Crippen MR) is 111 cm³/mol. The van der Waals surface area contributed by atoms with Crippen molar-refractivity contribution < 1.29 is 19.1 Å². The van der Waals surface area contributed by atoms with Gasteiger partial charge in [0.2, 0.25) is 5.91 Å². The molecule has 7 nitrogen and oxygen atoms in total. The van der Waals surface area contributed by atoms with E-state index in [1.807, 2.05) is 30.3 Å². The average molecular weight is 403 g/mol. The summed E-state index contributed by atoms with van der Waals surface area (Å²) < 4.78 is 5.13. The lowest BCUT2D eigenvalue weighted by atomic mass is 9.94. The van der Waals surface area contributed by atoms with Crippen LogP contribution in [0.15, 0.2) is 54.7 Å². The molecular formula is C23H21N3O4. The molecule has 0 saturated heterocycles. The van der Waals surface area contributed by atoms with E-state index in [1.54, 1.807) is 30.5 Å². The number of carbonyl (C=O) groups excluding carboxylic acids is 3. The number of hydrogen-bond donors (Lipinski definition) is 1. The van der Waals surface area contributed by atoms with Crippen LogP contribution in [0, 0.1) is 11.3 Å². The fraction of sp³-hybridized carbons (Fsp3) is 0.217. The van der Waals surface area contributed by atoms with Crippen LogP contribution < -0.4 is 5.32 Å². The van der Waals surface area contributed by atoms with Crippen LogP contribution in [0.2, 0.25) is 0 Å². The topological polar surface area (TPSA) is 99.5 Å². The van der Waals surface area contributed by atoms with Crippen LogP contribution in [-0.4, -0.2) is 29.3 Å². The minimum atomic E-state index is -0.573. The van der Waals surface area contributed by atoms with Crippen LogP contribution in [0.25, 0.3) is 6.08 Å². The van der Waals surface area contributed by atoms with Crippen LogP contribution in [0.5, 0.6) is 0 Å². The van der Waals surface area contributed by atoms with Crippen molar-refractivity contribution in [2.45, 2.75) is 25.8 Å². The summed E-state index contributed by atoms with van der Waals surface area (Å²) in [5, 5.41) is 11.3. The van der Waals surface area contributed by atoms with Gasteiger partial charge in [-0.25, -0.2) is 0 Å². The molecule has 0 unspecified atom stereocenters. The quantitative estimate of drug-likeness (QED) is 0.747. The van der Waals surface area contributed by atoms with Gasteiger partial charge < -0.3 is 15.0 Å². The van der Waals surface area contributed by atoms with E-state index in [1.165, 1.54) is 11.8 Å². The molecule has 1 heterocycles. The number of nitrogens with zero attached hydrogens (tertiary/aromatic N) is 2. The number of rotatable bonds is 6. The van der Waals surface area contributed by atoms with Crippen LogP contribution in [0.3, 0.4) is 0 Å². The molecule has 0 fully saturated rings. The molecule has 0 spiro atoms. The summed E-state index contributed by atoms with van der Waals surface area (Å²) in [7, 11) is 0. The number of anilines is 1. The minimum Gasteiger partial charge on any atom is -0.455 e. The van der Waals surface area contributed by atoms with E-state index >= 15 is 0 Å². The first-order valence-electron chi connectivity index (χ1n) is 9.45. The standard InChI is InChI=1S/C23H21N3O4/c1-16(27)26-13-11-18-4-2-3-5-20(18)21(26)14-23(29)30-15-22(28)25-19-8-6-17(7-9-19)10-12-24/h2-9,11,13,21H,10,14-15H2,1H3,(H,25,28)/t21-/m1/s1. The Bertz CT molecular complexity index is 1020. The zero-order chi connectivity index (χ0) is 21.5. The third-order valence-electron chi connectivity index (χ3n) is 4.71. The summed E-state index contributed by atoms with van der Waals surface area (Å²) in [5.41, 5.74) is 3.19. The highest BCUT2D eigenvalue weighted by molar-refractivity contribution is 5.92. The molecule has 0 aliphatic carbocycles. The van der Waals surface area contributed by atoms with E-state index in [9.17, 15) is 14.4 Å². The summed E-state index contributed by atoms with van der Waals surface area (Å²) in [5.74, 6) is -1.23. The molecule has 7 heteroatoms. The highest BCUT2D eigenvalue weighted by Gasteiger charge is 2.28. The van der Waals surface area contributed by atoms with Crippen molar-refractivity contribution in [1.82, 2.24) is 4.90 Å². The molecule has 0 radical (unpaired) electrons. The third-order valence-corrected chi connectivity index (χ3v) is 4.71. The molecule has 30 heavy (non-hydrogen) atoms. The SMILES string of the molecule is CC(=O)N1C=Cc2ccccc2[C@H]1CC(=O)OCC(=O)Nc1ccc(CC#N)cc1. The molecule has 3 rings (SSSR count). The first kappa shape index (κ1) is 20.8. The number of fused-ring (bicyclic) bond motifs is 1. The summed E-state index contributed by atoms with van der Waals surface area (Å²) >= 11 is 0. The van der Waals surface area contributed by atoms with Crippen LogP contribution >= 0.6 is 0 Å². The van der Waals surface area contributed by atoms with Gasteiger partial charge in [0.25, 0.3) is 5.91 Å². The summed E-state index contributed by atoms with van der Waals surface area (Å²) in [6.07, 6.45) is 3.72. The van der Waals surface area contributed by atoms with Crippen molar-refractivity contribution in [1.29, 1.82) is 5.26 Å². The third kappa shape index (κ3) is 5.11. The van der Waals surface area contributed by atoms with Crippen LogP contribution in [0.1, 0.15) is 36.1 Å². The number of benzene rings is 2. The van der Waals surface area contributed by atoms with Gasteiger partial charge in [-0.05, 0) is 34.9 Å². The molecule has 0 bridgehead atoms. The predicted octanol–water partition coefficient (Wildman–Crippen LogP) is 3.20. The molecule has 152 valence electrons. The Labute approximate surface area is 174 Å². The zero-order valence-corrected chi connectivity index (χ0v) is 16.5. The molecular weight excluding hydrogens is 382 g/mol. The molecule has 2 aromatic rings. The van der Waals surface area contributed by atoms with Crippen molar-refractivity contribution in [2.75, 3.05) is 11.9 Å². The Balaban J connectivity index is 1.57. The minimum absolute atomic E-state index is 0.0585. The van der Waals surface area contributed by atoms with Gasteiger partial charge >= 0.3 is 5.97 Å². The van der Waals surface area contributed by atoms with Crippen molar-refractivity contribution in [3.8, 4) is 6.07 Å². The van der Waals surface area contributed by atoms with E-state index in [0.29, 0.717) is 12.1 Å². The first-order valence-corrected chi connectivity index (χ1v) is 9.45. The van der Waals surface area contributed by atoms with Crippen molar-refractivity contribution >= 4 is 29.5 Å². The number of nitrogens with one attached hydrogen (secondary N) is 1. The second-order valence-electron chi connectivity index (χ2n) is 6.83. The largest absolute Gasteiger partial charge is 0.455 e. The highest BCUT2D eigenvalue weighted by atomic mass is 16.5. The van der Waals surface area contributed by atoms with Gasteiger partial charge in [0.15, 0.2) is 6.61 Å². The Kier molecular flexibility index (Phi) is 6.60. The second-order valence-corrected chi connectivity index (χ2v) is 6.83. The number of carbonyl (C=O) groups is 3. The molecule has 2 aromatic carbocycles. The second kappa shape index (κ2) is 9.52. The van der Waals surface area contributed by atoms with E-state index < -0.39 is 24.5 Å². The highest BCUT2D eigenvalue weighted by Crippen LogP contribution is 2.33. The van der Waals surface area contributed by atoms with E-state index in [0.717, 1.165) is 16.7 Å². The fourth-order valence-corrected chi connectivity index (χ4v) is 3.27. The number of hydrogen-bond acceptors (Lipinski definition) is 5. The van der Waals surface area contributed by atoms with Crippen molar-refractivity contribution in [3.63, 3.8) is 0 Å². The van der Waals surface area contributed by atoms with Crippen molar-refractivity contribution in [2.24, 2.45) is 0 Å². The van der Waals surface area contributed by atoms with Crippen LogP contribution in [0.4, 0.5) is 5.69 Å². The summed E-state index contributed by atoms with van der Waals surface area (Å²) in [6.45, 7) is 1.01.